The molecule has 0 rings (SSSR count). The molecule has 4 nitrogen and oxygen atoms in total. The number of unbranched alkanes of at least 4 members (excludes halogenated alkanes) is 19. The zero-order valence-electron chi connectivity index (χ0n) is 22.9. The number of aliphatic hydroxyl groups is 2. The van der Waals surface area contributed by atoms with Crippen LogP contribution in [0.5, 0.6) is 0 Å². The van der Waals surface area contributed by atoms with Crippen LogP contribution >= 0.6 is 0 Å². The largest absolute Gasteiger partial charge is 0.394 e. The van der Waals surface area contributed by atoms with Gasteiger partial charge in [0.25, 0.3) is 0 Å². The van der Waals surface area contributed by atoms with Crippen molar-refractivity contribution in [1.82, 2.24) is 5.32 Å². The summed E-state index contributed by atoms with van der Waals surface area (Å²) in [5, 5.41) is 22.7. The molecule has 0 aromatic heterocycles. The molecule has 34 heavy (non-hydrogen) atoms. The second-order valence-corrected chi connectivity index (χ2v) is 10.2. The zero-order valence-corrected chi connectivity index (χ0v) is 22.9. The lowest BCUT2D eigenvalue weighted by Crippen LogP contribution is -2.45. The molecule has 0 fully saturated rings. The molecular formula is C30H59NO3. The lowest BCUT2D eigenvalue weighted by atomic mass is 10.0. The van der Waals surface area contributed by atoms with Gasteiger partial charge in [-0.05, 0) is 19.3 Å². The van der Waals surface area contributed by atoms with Crippen molar-refractivity contribution in [3.63, 3.8) is 0 Å². The summed E-state index contributed by atoms with van der Waals surface area (Å²) in [6.07, 6.45) is 29.9. The predicted molar refractivity (Wildman–Crippen MR) is 147 cm³/mol. The molecule has 2 unspecified atom stereocenters. The summed E-state index contributed by atoms with van der Waals surface area (Å²) in [5.41, 5.74) is 0. The van der Waals surface area contributed by atoms with E-state index in [1.807, 2.05) is 6.08 Å². The summed E-state index contributed by atoms with van der Waals surface area (Å²) in [6.45, 7) is 4.26. The minimum Gasteiger partial charge on any atom is -0.394 e. The van der Waals surface area contributed by atoms with Crippen LogP contribution in [0.25, 0.3) is 0 Å². The highest BCUT2D eigenvalue weighted by atomic mass is 16.3. The van der Waals surface area contributed by atoms with Crippen molar-refractivity contribution < 1.29 is 15.0 Å². The van der Waals surface area contributed by atoms with E-state index in [2.05, 4.69) is 19.2 Å². The second-order valence-electron chi connectivity index (χ2n) is 10.2. The van der Waals surface area contributed by atoms with Crippen LogP contribution in [0.15, 0.2) is 12.2 Å². The number of amides is 1. The smallest absolute Gasteiger partial charge is 0.220 e. The van der Waals surface area contributed by atoms with E-state index < -0.39 is 12.1 Å². The van der Waals surface area contributed by atoms with Crippen molar-refractivity contribution in [2.75, 3.05) is 6.61 Å². The Morgan fingerprint density at radius 3 is 1.53 bits per heavy atom. The third-order valence-corrected chi connectivity index (χ3v) is 6.77. The Morgan fingerprint density at radius 2 is 1.09 bits per heavy atom. The van der Waals surface area contributed by atoms with Crippen LogP contribution in [0.3, 0.4) is 0 Å². The maximum atomic E-state index is 12.2. The fourth-order valence-electron chi connectivity index (χ4n) is 4.41. The summed E-state index contributed by atoms with van der Waals surface area (Å²) >= 11 is 0. The highest BCUT2D eigenvalue weighted by molar-refractivity contribution is 5.76. The highest BCUT2D eigenvalue weighted by Crippen LogP contribution is 2.13. The standard InChI is InChI=1S/C30H59NO3/c1-3-5-7-9-11-13-14-15-16-18-19-21-23-25-29(33)28(27-32)31-30(34)26-24-22-20-17-12-10-8-6-4-2/h23,25,28-29,32-33H,3-22,24,26-27H2,1-2H3,(H,31,34). The molecule has 202 valence electrons. The average Bonchev–Trinajstić information content (AvgIpc) is 2.84. The molecule has 3 N–H and O–H groups in total. The van der Waals surface area contributed by atoms with Gasteiger partial charge in [0, 0.05) is 6.42 Å². The van der Waals surface area contributed by atoms with Crippen molar-refractivity contribution in [1.29, 1.82) is 0 Å². The molecule has 0 aromatic carbocycles. The Hall–Kier alpha value is -0.870. The maximum absolute atomic E-state index is 12.2. The molecule has 0 saturated carbocycles. The van der Waals surface area contributed by atoms with Crippen molar-refractivity contribution in [3.8, 4) is 0 Å². The van der Waals surface area contributed by atoms with Gasteiger partial charge in [-0.2, -0.15) is 0 Å². The maximum Gasteiger partial charge on any atom is 0.220 e. The fourth-order valence-corrected chi connectivity index (χ4v) is 4.41. The summed E-state index contributed by atoms with van der Waals surface area (Å²) < 4.78 is 0. The minimum atomic E-state index is -0.829. The number of nitrogens with one attached hydrogen (secondary N) is 1. The van der Waals surface area contributed by atoms with Crippen LogP contribution < -0.4 is 5.32 Å². The summed E-state index contributed by atoms with van der Waals surface area (Å²) in [7, 11) is 0. The second kappa shape index (κ2) is 26.7. The Balaban J connectivity index is 3.68. The number of carbonyl (C=O) groups is 1. The van der Waals surface area contributed by atoms with Crippen molar-refractivity contribution in [2.24, 2.45) is 0 Å². The van der Waals surface area contributed by atoms with Gasteiger partial charge in [-0.3, -0.25) is 4.79 Å². The molecule has 0 aliphatic heterocycles. The van der Waals surface area contributed by atoms with E-state index in [4.69, 9.17) is 0 Å². The predicted octanol–water partition coefficient (Wildman–Crippen LogP) is 8.00. The van der Waals surface area contributed by atoms with Crippen LogP contribution in [-0.2, 0) is 4.79 Å². The van der Waals surface area contributed by atoms with Gasteiger partial charge in [0.2, 0.25) is 5.91 Å². The van der Waals surface area contributed by atoms with Crippen molar-refractivity contribution in [3.05, 3.63) is 12.2 Å². The number of hydrogen-bond donors (Lipinski definition) is 3. The topological polar surface area (TPSA) is 69.6 Å². The fraction of sp³-hybridized carbons (Fsp3) is 0.900. The van der Waals surface area contributed by atoms with Gasteiger partial charge in [0.05, 0.1) is 18.8 Å². The van der Waals surface area contributed by atoms with Gasteiger partial charge in [-0.1, -0.05) is 142 Å². The molecule has 0 saturated heterocycles. The summed E-state index contributed by atoms with van der Waals surface area (Å²) in [5.74, 6) is -0.0696. The Bertz CT molecular complexity index is 452. The molecule has 2 atom stereocenters. The lowest BCUT2D eigenvalue weighted by molar-refractivity contribution is -0.123. The zero-order chi connectivity index (χ0) is 25.1. The van der Waals surface area contributed by atoms with Crippen LogP contribution in [-0.4, -0.2) is 34.9 Å². The molecule has 0 spiro atoms. The van der Waals surface area contributed by atoms with Gasteiger partial charge in [0.15, 0.2) is 0 Å². The van der Waals surface area contributed by atoms with Crippen LogP contribution in [0, 0.1) is 0 Å². The number of allylic oxidation sites excluding steroid dienone is 1. The molecule has 0 radical (unpaired) electrons. The van der Waals surface area contributed by atoms with E-state index in [1.165, 1.54) is 109 Å². The molecular weight excluding hydrogens is 422 g/mol. The molecule has 4 heteroatoms. The van der Waals surface area contributed by atoms with Gasteiger partial charge in [-0.25, -0.2) is 0 Å². The molecule has 1 amide bonds. The van der Waals surface area contributed by atoms with E-state index >= 15 is 0 Å². The Kier molecular flexibility index (Phi) is 26.0. The first-order valence-electron chi connectivity index (χ1n) is 14.9. The van der Waals surface area contributed by atoms with E-state index in [9.17, 15) is 15.0 Å². The molecule has 0 heterocycles. The highest BCUT2D eigenvalue weighted by Gasteiger charge is 2.17. The number of aliphatic hydroxyl groups excluding tert-OH is 2. The minimum absolute atomic E-state index is 0.0696. The SMILES string of the molecule is CCCCCCCCCCCCCC=CC(O)C(CO)NC(=O)CCCCCCCCCCC. The number of carbonyl (C=O) groups excluding carboxylic acids is 1. The van der Waals surface area contributed by atoms with Crippen LogP contribution in [0.2, 0.25) is 0 Å². The first-order valence-corrected chi connectivity index (χ1v) is 14.9. The lowest BCUT2D eigenvalue weighted by Gasteiger charge is -2.20. The third-order valence-electron chi connectivity index (χ3n) is 6.77. The van der Waals surface area contributed by atoms with Crippen molar-refractivity contribution >= 4 is 5.91 Å². The monoisotopic (exact) mass is 481 g/mol. The van der Waals surface area contributed by atoms with Gasteiger partial charge in [-0.15, -0.1) is 0 Å². The van der Waals surface area contributed by atoms with Gasteiger partial charge in [0.1, 0.15) is 0 Å². The first kappa shape index (κ1) is 33.1. The number of rotatable bonds is 26. The molecule has 0 aliphatic carbocycles. The molecule has 0 bridgehead atoms. The Morgan fingerprint density at radius 1 is 0.676 bits per heavy atom. The number of hydrogen-bond acceptors (Lipinski definition) is 3. The summed E-state index contributed by atoms with van der Waals surface area (Å²) in [6, 6.07) is -0.611. The molecule has 0 aromatic rings. The van der Waals surface area contributed by atoms with E-state index in [-0.39, 0.29) is 12.5 Å². The van der Waals surface area contributed by atoms with E-state index in [0.717, 1.165) is 25.7 Å². The van der Waals surface area contributed by atoms with Gasteiger partial charge >= 0.3 is 0 Å². The van der Waals surface area contributed by atoms with Crippen LogP contribution in [0.4, 0.5) is 0 Å². The quantitative estimate of drug-likeness (QED) is 0.0865. The van der Waals surface area contributed by atoms with Gasteiger partial charge < -0.3 is 15.5 Å². The average molecular weight is 482 g/mol. The van der Waals surface area contributed by atoms with E-state index in [0.29, 0.717) is 6.42 Å². The van der Waals surface area contributed by atoms with Crippen molar-refractivity contribution in [2.45, 2.75) is 167 Å². The first-order chi connectivity index (χ1) is 16.7. The summed E-state index contributed by atoms with van der Waals surface area (Å²) in [4.78, 5) is 12.2. The normalized spacial score (nSPS) is 13.4. The van der Waals surface area contributed by atoms with E-state index in [1.54, 1.807) is 6.08 Å². The Labute approximate surface area is 212 Å². The molecule has 0 aliphatic rings. The van der Waals surface area contributed by atoms with Crippen LogP contribution in [0.1, 0.15) is 155 Å². The third kappa shape index (κ3) is 22.9.